The van der Waals surface area contributed by atoms with E-state index in [0.717, 1.165) is 55.3 Å². The molecule has 9 heteroatoms. The van der Waals surface area contributed by atoms with Gasteiger partial charge >= 0.3 is 0 Å². The highest BCUT2D eigenvalue weighted by Crippen LogP contribution is 2.49. The lowest BCUT2D eigenvalue weighted by Gasteiger charge is -2.53. The van der Waals surface area contributed by atoms with E-state index in [4.69, 9.17) is 9.15 Å². The van der Waals surface area contributed by atoms with E-state index in [1.165, 1.54) is 6.42 Å². The molecule has 3 amide bonds. The molecule has 6 aliphatic rings. The number of aromatic nitrogens is 1. The fourth-order valence-corrected chi connectivity index (χ4v) is 6.82. The molecule has 2 atom stereocenters. The van der Waals surface area contributed by atoms with Gasteiger partial charge in [-0.3, -0.25) is 24.6 Å². The van der Waals surface area contributed by atoms with Crippen LogP contribution in [0.5, 0.6) is 5.75 Å². The molecule has 2 bridgehead atoms. The van der Waals surface area contributed by atoms with Gasteiger partial charge in [0.15, 0.2) is 5.89 Å². The molecule has 2 aliphatic carbocycles. The molecule has 0 unspecified atom stereocenters. The van der Waals surface area contributed by atoms with Crippen LogP contribution in [0.3, 0.4) is 0 Å². The van der Waals surface area contributed by atoms with Gasteiger partial charge < -0.3 is 14.1 Å². The molecule has 2 saturated carbocycles. The van der Waals surface area contributed by atoms with E-state index in [0.29, 0.717) is 36.9 Å². The number of rotatable bonds is 5. The van der Waals surface area contributed by atoms with Gasteiger partial charge in [-0.15, -0.1) is 0 Å². The normalized spacial score (nSPS) is 32.1. The van der Waals surface area contributed by atoms with Gasteiger partial charge in [0.1, 0.15) is 23.2 Å². The second-order valence-corrected chi connectivity index (χ2v) is 11.1. The van der Waals surface area contributed by atoms with Crippen LogP contribution in [0.15, 0.2) is 28.8 Å². The number of oxazole rings is 1. The lowest BCUT2D eigenvalue weighted by molar-refractivity contribution is -0.160. The first kappa shape index (κ1) is 22.0. The molecule has 0 radical (unpaired) electrons. The number of aryl methyl sites for hydroxylation is 1. The quantitative estimate of drug-likeness (QED) is 0.642. The lowest BCUT2D eigenvalue weighted by Crippen LogP contribution is -2.73. The van der Waals surface area contributed by atoms with E-state index in [1.54, 1.807) is 11.1 Å². The minimum atomic E-state index is -0.889. The maximum Gasteiger partial charge on any atom is 0.255 e. The number of hydrogen-bond acceptors (Lipinski definition) is 7. The van der Waals surface area contributed by atoms with Crippen LogP contribution in [-0.2, 0) is 16.1 Å². The number of ether oxygens (including phenoxy) is 1. The van der Waals surface area contributed by atoms with E-state index in [9.17, 15) is 14.4 Å². The highest BCUT2D eigenvalue weighted by molar-refractivity contribution is 6.10. The van der Waals surface area contributed by atoms with E-state index < -0.39 is 5.54 Å². The first-order chi connectivity index (χ1) is 17.4. The topological polar surface area (TPSA) is 105 Å². The van der Waals surface area contributed by atoms with Crippen LogP contribution in [0.2, 0.25) is 0 Å². The van der Waals surface area contributed by atoms with Crippen molar-refractivity contribution in [3.05, 3.63) is 47.2 Å². The third-order valence-electron chi connectivity index (χ3n) is 8.92. The monoisotopic (exact) mass is 490 g/mol. The van der Waals surface area contributed by atoms with Gasteiger partial charge in [0.25, 0.3) is 11.8 Å². The van der Waals surface area contributed by atoms with Gasteiger partial charge in [-0.2, -0.15) is 0 Å². The Morgan fingerprint density at radius 3 is 2.67 bits per heavy atom. The summed E-state index contributed by atoms with van der Waals surface area (Å²) in [6.07, 6.45) is 7.19. The van der Waals surface area contributed by atoms with Gasteiger partial charge in [-0.1, -0.05) is 6.42 Å². The molecule has 188 valence electrons. The summed E-state index contributed by atoms with van der Waals surface area (Å²) < 4.78 is 12.3. The Balaban J connectivity index is 1.04. The zero-order valence-corrected chi connectivity index (χ0v) is 20.4. The highest BCUT2D eigenvalue weighted by Gasteiger charge is 2.63. The average Bonchev–Trinajstić information content (AvgIpc) is 3.36. The number of nitrogens with zero attached hydrogens (tertiary/aromatic N) is 3. The van der Waals surface area contributed by atoms with Gasteiger partial charge in [-0.25, -0.2) is 4.98 Å². The molecular weight excluding hydrogens is 460 g/mol. The Morgan fingerprint density at radius 1 is 1.11 bits per heavy atom. The van der Waals surface area contributed by atoms with Gasteiger partial charge in [0.05, 0.1) is 12.1 Å². The number of carbonyl (C=O) groups excluding carboxylic acids is 3. The first-order valence-electron chi connectivity index (χ1n) is 13.0. The van der Waals surface area contributed by atoms with Crippen molar-refractivity contribution in [2.24, 2.45) is 5.92 Å². The number of nitrogens with one attached hydrogen (secondary N) is 1. The zero-order valence-electron chi connectivity index (χ0n) is 20.4. The predicted octanol–water partition coefficient (Wildman–Crippen LogP) is 2.53. The predicted molar refractivity (Wildman–Crippen MR) is 127 cm³/mol. The Morgan fingerprint density at radius 2 is 1.92 bits per heavy atom. The third-order valence-corrected chi connectivity index (χ3v) is 8.92. The molecule has 8 rings (SSSR count). The number of hydrogen-bond donors (Lipinski definition) is 1. The molecule has 9 nitrogen and oxygen atoms in total. The van der Waals surface area contributed by atoms with E-state index in [2.05, 4.69) is 15.2 Å². The summed E-state index contributed by atoms with van der Waals surface area (Å²) in [5.74, 6) is 1.93. The van der Waals surface area contributed by atoms with Gasteiger partial charge in [-0.05, 0) is 62.8 Å². The zero-order chi connectivity index (χ0) is 24.6. The van der Waals surface area contributed by atoms with Crippen molar-refractivity contribution in [1.29, 1.82) is 0 Å². The summed E-state index contributed by atoms with van der Waals surface area (Å²) in [5.41, 5.74) is 0.618. The number of piperidine rings is 2. The van der Waals surface area contributed by atoms with Crippen molar-refractivity contribution >= 4 is 17.7 Å². The molecule has 1 aromatic carbocycles. The first-order valence-corrected chi connectivity index (χ1v) is 13.0. The summed E-state index contributed by atoms with van der Waals surface area (Å²) in [7, 11) is 0. The average molecular weight is 491 g/mol. The Hall–Kier alpha value is -3.20. The van der Waals surface area contributed by atoms with Crippen molar-refractivity contribution in [2.75, 3.05) is 13.1 Å². The molecule has 5 heterocycles. The second-order valence-electron chi connectivity index (χ2n) is 11.1. The van der Waals surface area contributed by atoms with E-state index in [-0.39, 0.29) is 29.7 Å². The maximum atomic E-state index is 13.2. The van der Waals surface area contributed by atoms with Gasteiger partial charge in [0.2, 0.25) is 5.91 Å². The number of amides is 3. The lowest BCUT2D eigenvalue weighted by atomic mass is 9.63. The van der Waals surface area contributed by atoms with E-state index in [1.807, 2.05) is 25.1 Å². The number of fused-ring (bicyclic) bond motifs is 3. The number of carbonyl (C=O) groups is 3. The van der Waals surface area contributed by atoms with Crippen molar-refractivity contribution in [1.82, 2.24) is 20.1 Å². The van der Waals surface area contributed by atoms with Crippen LogP contribution in [-0.4, -0.2) is 63.3 Å². The number of benzene rings is 1. The summed E-state index contributed by atoms with van der Waals surface area (Å²) in [4.78, 5) is 46.3. The van der Waals surface area contributed by atoms with Crippen LogP contribution >= 0.6 is 0 Å². The molecule has 36 heavy (non-hydrogen) atoms. The molecule has 5 fully saturated rings. The SMILES string of the molecule is Cc1cnc(C2CN([C@@H]3CCCC[C@@H]3Oc3ccc4c(c3)CN(C35CC(C3)C(=O)NC5=O)C4=O)C2)o1. The third kappa shape index (κ3) is 3.25. The Bertz CT molecular complexity index is 1260. The number of likely N-dealkylation sites (tertiary alicyclic amines) is 1. The largest absolute Gasteiger partial charge is 0.489 e. The fraction of sp³-hybridized carbons (Fsp3) is 0.556. The van der Waals surface area contributed by atoms with Crippen molar-refractivity contribution in [2.45, 2.75) is 75.6 Å². The van der Waals surface area contributed by atoms with Crippen LogP contribution in [0, 0.1) is 12.8 Å². The van der Waals surface area contributed by atoms with Crippen LogP contribution in [0.4, 0.5) is 0 Å². The van der Waals surface area contributed by atoms with Crippen molar-refractivity contribution in [3.8, 4) is 5.75 Å². The molecule has 4 aliphatic heterocycles. The van der Waals surface area contributed by atoms with Crippen molar-refractivity contribution in [3.63, 3.8) is 0 Å². The smallest absolute Gasteiger partial charge is 0.255 e. The summed E-state index contributed by atoms with van der Waals surface area (Å²) >= 11 is 0. The number of imide groups is 1. The molecule has 0 spiro atoms. The summed E-state index contributed by atoms with van der Waals surface area (Å²) in [6, 6.07) is 6.03. The molecule has 2 aromatic rings. The van der Waals surface area contributed by atoms with Crippen LogP contribution < -0.4 is 10.1 Å². The molecule has 1 N–H and O–H groups in total. The van der Waals surface area contributed by atoms with Gasteiger partial charge in [0, 0.05) is 37.2 Å². The molecular formula is C27H30N4O5. The maximum absolute atomic E-state index is 13.2. The van der Waals surface area contributed by atoms with E-state index >= 15 is 0 Å². The Kier molecular flexibility index (Phi) is 4.83. The molecule has 3 saturated heterocycles. The Labute approximate surface area is 209 Å². The summed E-state index contributed by atoms with van der Waals surface area (Å²) in [5, 5.41) is 2.44. The minimum absolute atomic E-state index is 0.0957. The van der Waals surface area contributed by atoms with Crippen LogP contribution in [0.25, 0.3) is 0 Å². The fourth-order valence-electron chi connectivity index (χ4n) is 6.82. The molecule has 1 aromatic heterocycles. The van der Waals surface area contributed by atoms with Crippen LogP contribution in [0.1, 0.15) is 72.0 Å². The summed E-state index contributed by atoms with van der Waals surface area (Å²) in [6.45, 7) is 4.17. The minimum Gasteiger partial charge on any atom is -0.489 e. The van der Waals surface area contributed by atoms with Crippen molar-refractivity contribution < 1.29 is 23.5 Å². The standard InChI is InChI=1S/C27H30N4O5/c1-15-11-28-24(35-15)18-12-30(13-18)21-4-2-3-5-22(21)36-19-6-7-20-16(8-19)14-31(25(20)33)27-9-17(10-27)23(32)29-26(27)34/h6-8,11,17-18,21-22H,2-5,9-10,12-14H2,1H3,(H,29,32,34)/t17?,21-,22+,27?/m1/s1. The second kappa shape index (κ2) is 7.90. The highest BCUT2D eigenvalue weighted by atomic mass is 16.5.